The molecule has 0 heterocycles. The Labute approximate surface area is 81.9 Å². The van der Waals surface area contributed by atoms with Crippen molar-refractivity contribution in [1.29, 1.82) is 0 Å². The largest absolute Gasteiger partial charge is 1.00 e. The minimum absolute atomic E-state index is 0. The molecule has 1 aromatic rings. The molecule has 0 aliphatic carbocycles. The zero-order chi connectivity index (χ0) is 6.85. The van der Waals surface area contributed by atoms with Gasteiger partial charge in [-0.05, 0) is 10.6 Å². The first-order valence-corrected chi connectivity index (χ1v) is 3.05. The van der Waals surface area contributed by atoms with Crippen molar-refractivity contribution in [2.45, 2.75) is 4.90 Å². The van der Waals surface area contributed by atoms with E-state index in [0.29, 0.717) is 5.69 Å². The Morgan fingerprint density at radius 3 is 2.30 bits per heavy atom. The van der Waals surface area contributed by atoms with Crippen LogP contribution in [0.5, 0.6) is 0 Å². The molecule has 58 valence electrons. The van der Waals surface area contributed by atoms with E-state index < -0.39 is 0 Å². The van der Waals surface area contributed by atoms with E-state index in [1.807, 2.05) is 6.07 Å². The molecular weight excluding hydrogens is 238 g/mol. The SMILES string of the molecule is [Ag+].[CH2-]c1cc(N)cc(S)c1. The second-order valence-electron chi connectivity index (χ2n) is 1.93. The van der Waals surface area contributed by atoms with Crippen molar-refractivity contribution in [3.05, 3.63) is 30.7 Å². The quantitative estimate of drug-likeness (QED) is 0.310. The van der Waals surface area contributed by atoms with Crippen LogP contribution in [0.3, 0.4) is 0 Å². The van der Waals surface area contributed by atoms with Crippen LogP contribution >= 0.6 is 12.6 Å². The molecule has 0 spiro atoms. The molecule has 0 saturated carbocycles. The second kappa shape index (κ2) is 3.98. The van der Waals surface area contributed by atoms with Crippen LogP contribution in [0, 0.1) is 6.92 Å². The van der Waals surface area contributed by atoms with Crippen molar-refractivity contribution in [3.63, 3.8) is 0 Å². The summed E-state index contributed by atoms with van der Waals surface area (Å²) in [4.78, 5) is 0.861. The van der Waals surface area contributed by atoms with E-state index in [4.69, 9.17) is 5.73 Å². The van der Waals surface area contributed by atoms with Gasteiger partial charge in [0.1, 0.15) is 0 Å². The van der Waals surface area contributed by atoms with Gasteiger partial charge in [-0.15, -0.1) is 12.1 Å². The molecule has 0 radical (unpaired) electrons. The van der Waals surface area contributed by atoms with Crippen molar-refractivity contribution in [2.75, 3.05) is 5.73 Å². The zero-order valence-electron chi connectivity index (χ0n) is 5.27. The van der Waals surface area contributed by atoms with Crippen LogP contribution in [0.4, 0.5) is 5.69 Å². The molecule has 0 fully saturated rings. The summed E-state index contributed by atoms with van der Waals surface area (Å²) in [7, 11) is 0. The monoisotopic (exact) mass is 245 g/mol. The van der Waals surface area contributed by atoms with E-state index in [1.165, 1.54) is 0 Å². The van der Waals surface area contributed by atoms with Crippen molar-refractivity contribution >= 4 is 18.3 Å². The number of rotatable bonds is 0. The average Bonchev–Trinajstić information content (AvgIpc) is 1.59. The molecule has 0 aliphatic rings. The molecular formula is C7H8AgNS. The molecule has 10 heavy (non-hydrogen) atoms. The molecule has 0 saturated heterocycles. The summed E-state index contributed by atoms with van der Waals surface area (Å²) < 4.78 is 0. The van der Waals surface area contributed by atoms with Gasteiger partial charge >= 0.3 is 22.4 Å². The third-order valence-electron chi connectivity index (χ3n) is 1.000. The molecule has 0 bridgehead atoms. The van der Waals surface area contributed by atoms with Gasteiger partial charge in [0, 0.05) is 0 Å². The molecule has 0 aliphatic heterocycles. The van der Waals surface area contributed by atoms with Crippen molar-refractivity contribution in [2.24, 2.45) is 0 Å². The first kappa shape index (κ1) is 9.98. The number of hydrogen-bond donors (Lipinski definition) is 2. The van der Waals surface area contributed by atoms with Gasteiger partial charge in [-0.1, -0.05) is 6.07 Å². The van der Waals surface area contributed by atoms with E-state index in [1.54, 1.807) is 12.1 Å². The molecule has 1 aromatic carbocycles. The van der Waals surface area contributed by atoms with Crippen LogP contribution in [0.15, 0.2) is 23.1 Å². The summed E-state index contributed by atoms with van der Waals surface area (Å²) in [6.45, 7) is 3.71. The van der Waals surface area contributed by atoms with Gasteiger partial charge in [-0.2, -0.15) is 25.1 Å². The molecule has 2 N–H and O–H groups in total. The maximum Gasteiger partial charge on any atom is 1.00 e. The fourth-order valence-electron chi connectivity index (χ4n) is 0.700. The summed E-state index contributed by atoms with van der Waals surface area (Å²) in [5.74, 6) is 0. The van der Waals surface area contributed by atoms with E-state index in [-0.39, 0.29) is 22.4 Å². The molecule has 0 aromatic heterocycles. The van der Waals surface area contributed by atoms with E-state index in [2.05, 4.69) is 19.6 Å². The average molecular weight is 246 g/mol. The van der Waals surface area contributed by atoms with Gasteiger partial charge in [-0.25, -0.2) is 0 Å². The van der Waals surface area contributed by atoms with Crippen LogP contribution in [0.2, 0.25) is 0 Å². The first-order chi connectivity index (χ1) is 4.18. The standard InChI is InChI=1S/C7H8NS.Ag/c1-5-2-6(8)4-7(9)3-5;/h2-4,9H,1,8H2;/q-1;+1. The van der Waals surface area contributed by atoms with Crippen LogP contribution < -0.4 is 5.73 Å². The number of benzene rings is 1. The Hall–Kier alpha value is -0.0197. The van der Waals surface area contributed by atoms with Gasteiger partial charge in [0.05, 0.1) is 0 Å². The van der Waals surface area contributed by atoms with Crippen LogP contribution in [-0.2, 0) is 22.4 Å². The Morgan fingerprint density at radius 2 is 1.90 bits per heavy atom. The Bertz CT molecular complexity index is 174. The number of nitrogens with two attached hydrogens (primary N) is 1. The number of hydrogen-bond acceptors (Lipinski definition) is 2. The maximum absolute atomic E-state index is 5.47. The topological polar surface area (TPSA) is 26.0 Å². The fourth-order valence-corrected chi connectivity index (χ4v) is 1.01. The van der Waals surface area contributed by atoms with Crippen LogP contribution in [0.1, 0.15) is 5.56 Å². The summed E-state index contributed by atoms with van der Waals surface area (Å²) in [6, 6.07) is 5.46. The third kappa shape index (κ3) is 2.71. The predicted molar refractivity (Wildman–Crippen MR) is 42.6 cm³/mol. The molecule has 3 heteroatoms. The zero-order valence-corrected chi connectivity index (χ0v) is 7.64. The van der Waals surface area contributed by atoms with Gasteiger partial charge in [0.2, 0.25) is 0 Å². The predicted octanol–water partition coefficient (Wildman–Crippen LogP) is 1.74. The smallest absolute Gasteiger partial charge is 0.409 e. The van der Waals surface area contributed by atoms with Gasteiger partial charge in [0.25, 0.3) is 0 Å². The van der Waals surface area contributed by atoms with E-state index in [0.717, 1.165) is 10.5 Å². The minimum Gasteiger partial charge on any atom is -0.409 e. The fraction of sp³-hybridized carbons (Fsp3) is 0. The molecule has 1 nitrogen and oxygen atoms in total. The van der Waals surface area contributed by atoms with Gasteiger partial charge in [0.15, 0.2) is 0 Å². The third-order valence-corrected chi connectivity index (χ3v) is 1.26. The van der Waals surface area contributed by atoms with Crippen LogP contribution in [0.25, 0.3) is 0 Å². The normalized spacial score (nSPS) is 8.50. The number of anilines is 1. The van der Waals surface area contributed by atoms with Crippen molar-refractivity contribution in [1.82, 2.24) is 0 Å². The molecule has 0 amide bonds. The Morgan fingerprint density at radius 1 is 1.30 bits per heavy atom. The Balaban J connectivity index is 0.000000810. The summed E-state index contributed by atoms with van der Waals surface area (Å²) in [5, 5.41) is 0. The van der Waals surface area contributed by atoms with E-state index in [9.17, 15) is 0 Å². The Kier molecular flexibility index (Phi) is 3.98. The summed E-state index contributed by atoms with van der Waals surface area (Å²) >= 11 is 4.10. The molecule has 0 unspecified atom stereocenters. The summed E-state index contributed by atoms with van der Waals surface area (Å²) in [6.07, 6.45) is 0. The molecule has 0 atom stereocenters. The number of nitrogen functional groups attached to an aromatic ring is 1. The minimum atomic E-state index is 0. The van der Waals surface area contributed by atoms with E-state index >= 15 is 0 Å². The van der Waals surface area contributed by atoms with Crippen molar-refractivity contribution < 1.29 is 22.4 Å². The van der Waals surface area contributed by atoms with Gasteiger partial charge in [-0.3, -0.25) is 0 Å². The second-order valence-corrected chi connectivity index (χ2v) is 2.45. The van der Waals surface area contributed by atoms with Crippen LogP contribution in [-0.4, -0.2) is 0 Å². The van der Waals surface area contributed by atoms with Crippen molar-refractivity contribution in [3.8, 4) is 0 Å². The number of thiol groups is 1. The first-order valence-electron chi connectivity index (χ1n) is 2.60. The van der Waals surface area contributed by atoms with Gasteiger partial charge < -0.3 is 5.73 Å². The maximum atomic E-state index is 5.47. The molecule has 1 rings (SSSR count). The summed E-state index contributed by atoms with van der Waals surface area (Å²) in [5.41, 5.74) is 7.09.